The van der Waals surface area contributed by atoms with Crippen LogP contribution in [-0.4, -0.2) is 12.6 Å². The Hall–Kier alpha value is -0.820. The normalized spacial score (nSPS) is 12.7. The summed E-state index contributed by atoms with van der Waals surface area (Å²) in [6.45, 7) is 7.84. The van der Waals surface area contributed by atoms with Gasteiger partial charge in [-0.2, -0.15) is 0 Å². The first-order valence-electron chi connectivity index (χ1n) is 6.51. The lowest BCUT2D eigenvalue weighted by Gasteiger charge is -2.13. The molecule has 0 radical (unpaired) electrons. The summed E-state index contributed by atoms with van der Waals surface area (Å²) < 4.78 is 0. The molecule has 1 rings (SSSR count). The van der Waals surface area contributed by atoms with E-state index >= 15 is 0 Å². The molecular weight excluding hydrogens is 194 g/mol. The van der Waals surface area contributed by atoms with Gasteiger partial charge in [0.15, 0.2) is 0 Å². The molecule has 1 nitrogen and oxygen atoms in total. The van der Waals surface area contributed by atoms with E-state index in [1.807, 2.05) is 0 Å². The van der Waals surface area contributed by atoms with E-state index in [4.69, 9.17) is 0 Å². The smallest absolute Gasteiger partial charge is 0.00418 e. The Morgan fingerprint density at radius 1 is 1.31 bits per heavy atom. The fraction of sp³-hybridized carbons (Fsp3) is 0.600. The second-order valence-electron chi connectivity index (χ2n) is 4.74. The number of hydrogen-bond acceptors (Lipinski definition) is 1. The van der Waals surface area contributed by atoms with Crippen LogP contribution in [0.3, 0.4) is 0 Å². The van der Waals surface area contributed by atoms with Crippen molar-refractivity contribution in [3.05, 3.63) is 35.4 Å². The molecule has 0 fully saturated rings. The molecule has 1 N–H and O–H groups in total. The molecule has 1 atom stereocenters. The van der Waals surface area contributed by atoms with Gasteiger partial charge >= 0.3 is 0 Å². The molecule has 0 aliphatic heterocycles. The summed E-state index contributed by atoms with van der Waals surface area (Å²) in [7, 11) is 0. The standard InChI is InChI=1S/C15H25N/c1-4-5-11-16-14(3)9-10-15-8-6-7-13(2)12-15/h6-8,12,14,16H,4-5,9-11H2,1-3H3. The molecule has 0 heterocycles. The van der Waals surface area contributed by atoms with Crippen LogP contribution in [0.15, 0.2) is 24.3 Å². The van der Waals surface area contributed by atoms with Crippen LogP contribution in [-0.2, 0) is 6.42 Å². The SMILES string of the molecule is CCCCNC(C)CCc1cccc(C)c1. The average molecular weight is 219 g/mol. The molecule has 1 heteroatoms. The zero-order valence-corrected chi connectivity index (χ0v) is 10.9. The molecule has 0 spiro atoms. The second kappa shape index (κ2) is 7.45. The van der Waals surface area contributed by atoms with Crippen molar-refractivity contribution in [2.45, 2.75) is 52.5 Å². The third-order valence-corrected chi connectivity index (χ3v) is 2.97. The van der Waals surface area contributed by atoms with Crippen molar-refractivity contribution in [3.8, 4) is 0 Å². The lowest BCUT2D eigenvalue weighted by molar-refractivity contribution is 0.504. The first kappa shape index (κ1) is 13.2. The average Bonchev–Trinajstić information content (AvgIpc) is 2.27. The van der Waals surface area contributed by atoms with Gasteiger partial charge in [0.1, 0.15) is 0 Å². The molecule has 0 bridgehead atoms. The summed E-state index contributed by atoms with van der Waals surface area (Å²) in [5.74, 6) is 0. The Labute approximate surface area is 100 Å². The molecule has 0 aliphatic carbocycles. The van der Waals surface area contributed by atoms with E-state index in [1.165, 1.54) is 36.8 Å². The van der Waals surface area contributed by atoms with Crippen molar-refractivity contribution in [1.29, 1.82) is 0 Å². The maximum Gasteiger partial charge on any atom is 0.00418 e. The lowest BCUT2D eigenvalue weighted by atomic mass is 10.0. The number of aryl methyl sites for hydroxylation is 2. The van der Waals surface area contributed by atoms with Gasteiger partial charge < -0.3 is 5.32 Å². The van der Waals surface area contributed by atoms with Crippen molar-refractivity contribution in [1.82, 2.24) is 5.32 Å². The highest BCUT2D eigenvalue weighted by atomic mass is 14.9. The molecule has 1 unspecified atom stereocenters. The van der Waals surface area contributed by atoms with Crippen LogP contribution in [0.25, 0.3) is 0 Å². The van der Waals surface area contributed by atoms with E-state index in [0.29, 0.717) is 6.04 Å². The summed E-state index contributed by atoms with van der Waals surface area (Å²) in [5.41, 5.74) is 2.83. The first-order valence-corrected chi connectivity index (χ1v) is 6.51. The Kier molecular flexibility index (Phi) is 6.17. The van der Waals surface area contributed by atoms with Crippen LogP contribution in [0.4, 0.5) is 0 Å². The molecule has 90 valence electrons. The van der Waals surface area contributed by atoms with E-state index in [2.05, 4.69) is 50.4 Å². The zero-order valence-electron chi connectivity index (χ0n) is 10.9. The fourth-order valence-corrected chi connectivity index (χ4v) is 1.88. The monoisotopic (exact) mass is 219 g/mol. The van der Waals surface area contributed by atoms with Crippen LogP contribution in [0.2, 0.25) is 0 Å². The van der Waals surface area contributed by atoms with E-state index in [9.17, 15) is 0 Å². The topological polar surface area (TPSA) is 12.0 Å². The second-order valence-corrected chi connectivity index (χ2v) is 4.74. The lowest BCUT2D eigenvalue weighted by Crippen LogP contribution is -2.27. The number of hydrogen-bond donors (Lipinski definition) is 1. The Balaban J connectivity index is 2.23. The fourth-order valence-electron chi connectivity index (χ4n) is 1.88. The van der Waals surface area contributed by atoms with Crippen LogP contribution < -0.4 is 5.32 Å². The van der Waals surface area contributed by atoms with Gasteiger partial charge in [-0.3, -0.25) is 0 Å². The highest BCUT2D eigenvalue weighted by Crippen LogP contribution is 2.08. The predicted molar refractivity (Wildman–Crippen MR) is 71.9 cm³/mol. The maximum absolute atomic E-state index is 3.57. The molecule has 1 aromatic carbocycles. The highest BCUT2D eigenvalue weighted by Gasteiger charge is 2.01. The molecule has 0 amide bonds. The van der Waals surface area contributed by atoms with Gasteiger partial charge in [0.2, 0.25) is 0 Å². The molecule has 0 saturated carbocycles. The highest BCUT2D eigenvalue weighted by molar-refractivity contribution is 5.22. The Morgan fingerprint density at radius 3 is 2.81 bits per heavy atom. The van der Waals surface area contributed by atoms with Gasteiger partial charge in [-0.1, -0.05) is 43.2 Å². The molecule has 1 aromatic rings. The van der Waals surface area contributed by atoms with E-state index in [-0.39, 0.29) is 0 Å². The van der Waals surface area contributed by atoms with Gasteiger partial charge in [-0.05, 0) is 45.2 Å². The van der Waals surface area contributed by atoms with Crippen LogP contribution in [0.5, 0.6) is 0 Å². The summed E-state index contributed by atoms with van der Waals surface area (Å²) in [6, 6.07) is 9.46. The van der Waals surface area contributed by atoms with Gasteiger partial charge in [-0.25, -0.2) is 0 Å². The minimum Gasteiger partial charge on any atom is -0.314 e. The van der Waals surface area contributed by atoms with E-state index in [0.717, 1.165) is 6.54 Å². The predicted octanol–water partition coefficient (Wildman–Crippen LogP) is 3.71. The Morgan fingerprint density at radius 2 is 2.12 bits per heavy atom. The van der Waals surface area contributed by atoms with Gasteiger partial charge in [0.25, 0.3) is 0 Å². The van der Waals surface area contributed by atoms with Crippen molar-refractivity contribution in [2.24, 2.45) is 0 Å². The third-order valence-electron chi connectivity index (χ3n) is 2.97. The molecule has 0 aromatic heterocycles. The maximum atomic E-state index is 3.57. The number of rotatable bonds is 7. The van der Waals surface area contributed by atoms with Crippen LogP contribution in [0.1, 0.15) is 44.2 Å². The molecule has 0 aliphatic rings. The van der Waals surface area contributed by atoms with Gasteiger partial charge in [0, 0.05) is 6.04 Å². The van der Waals surface area contributed by atoms with Gasteiger partial charge in [0.05, 0.1) is 0 Å². The van der Waals surface area contributed by atoms with E-state index < -0.39 is 0 Å². The third kappa shape index (κ3) is 5.32. The van der Waals surface area contributed by atoms with Crippen molar-refractivity contribution >= 4 is 0 Å². The van der Waals surface area contributed by atoms with Crippen LogP contribution in [0, 0.1) is 6.92 Å². The summed E-state index contributed by atoms with van der Waals surface area (Å²) >= 11 is 0. The summed E-state index contributed by atoms with van der Waals surface area (Å²) in [4.78, 5) is 0. The number of nitrogens with one attached hydrogen (secondary N) is 1. The van der Waals surface area contributed by atoms with Gasteiger partial charge in [-0.15, -0.1) is 0 Å². The molecular formula is C15H25N. The largest absolute Gasteiger partial charge is 0.314 e. The van der Waals surface area contributed by atoms with Crippen molar-refractivity contribution in [2.75, 3.05) is 6.54 Å². The van der Waals surface area contributed by atoms with Crippen molar-refractivity contribution < 1.29 is 0 Å². The first-order chi connectivity index (χ1) is 7.72. The summed E-state index contributed by atoms with van der Waals surface area (Å²) in [6.07, 6.45) is 4.97. The van der Waals surface area contributed by atoms with E-state index in [1.54, 1.807) is 0 Å². The quantitative estimate of drug-likeness (QED) is 0.689. The summed E-state index contributed by atoms with van der Waals surface area (Å²) in [5, 5.41) is 3.57. The van der Waals surface area contributed by atoms with Crippen molar-refractivity contribution in [3.63, 3.8) is 0 Å². The number of benzene rings is 1. The number of unbranched alkanes of at least 4 members (excludes halogenated alkanes) is 1. The molecule has 16 heavy (non-hydrogen) atoms. The van der Waals surface area contributed by atoms with Crippen LogP contribution >= 0.6 is 0 Å². The minimum absolute atomic E-state index is 0.632. The molecule has 0 saturated heterocycles. The minimum atomic E-state index is 0.632. The zero-order chi connectivity index (χ0) is 11.8. The Bertz CT molecular complexity index is 293.